The van der Waals surface area contributed by atoms with Gasteiger partial charge in [-0.3, -0.25) is 4.79 Å². The number of hydrogen-bond acceptors (Lipinski definition) is 4. The topological polar surface area (TPSA) is 60.2 Å². The van der Waals surface area contributed by atoms with Crippen LogP contribution in [0.25, 0.3) is 5.69 Å². The Bertz CT molecular complexity index is 968. The summed E-state index contributed by atoms with van der Waals surface area (Å²) in [7, 11) is 1.66. The second kappa shape index (κ2) is 7.84. The molecule has 0 spiro atoms. The molecule has 6 heteroatoms. The Labute approximate surface area is 164 Å². The zero-order valence-electron chi connectivity index (χ0n) is 16.2. The first-order chi connectivity index (χ1) is 13.7. The first kappa shape index (κ1) is 18.2. The average molecular weight is 376 g/mol. The van der Waals surface area contributed by atoms with E-state index in [-0.39, 0.29) is 18.4 Å². The van der Waals surface area contributed by atoms with Gasteiger partial charge in [0.05, 0.1) is 36.6 Å². The highest BCUT2D eigenvalue weighted by atomic mass is 16.5. The van der Waals surface area contributed by atoms with E-state index in [0.29, 0.717) is 0 Å². The van der Waals surface area contributed by atoms with Crippen molar-refractivity contribution in [3.63, 3.8) is 0 Å². The summed E-state index contributed by atoms with van der Waals surface area (Å²) in [5.41, 5.74) is 3.69. The fourth-order valence-corrected chi connectivity index (χ4v) is 3.84. The van der Waals surface area contributed by atoms with E-state index in [1.165, 1.54) is 0 Å². The molecule has 28 heavy (non-hydrogen) atoms. The van der Waals surface area contributed by atoms with Crippen molar-refractivity contribution in [2.75, 3.05) is 13.7 Å². The lowest BCUT2D eigenvalue weighted by molar-refractivity contribution is -0.131. The van der Waals surface area contributed by atoms with Crippen LogP contribution in [0.15, 0.2) is 54.6 Å². The summed E-state index contributed by atoms with van der Waals surface area (Å²) in [6, 6.07) is 17.9. The molecular weight excluding hydrogens is 352 g/mol. The molecule has 0 N–H and O–H groups in total. The van der Waals surface area contributed by atoms with Crippen LogP contribution in [0.3, 0.4) is 0 Å². The van der Waals surface area contributed by atoms with E-state index in [2.05, 4.69) is 16.4 Å². The van der Waals surface area contributed by atoms with Crippen molar-refractivity contribution in [2.24, 2.45) is 0 Å². The summed E-state index contributed by atoms with van der Waals surface area (Å²) in [6.07, 6.45) is 2.23. The highest BCUT2D eigenvalue weighted by Gasteiger charge is 2.31. The van der Waals surface area contributed by atoms with Crippen molar-refractivity contribution in [3.8, 4) is 11.4 Å². The van der Waals surface area contributed by atoms with Crippen molar-refractivity contribution in [2.45, 2.75) is 32.2 Å². The fraction of sp³-hybridized carbons (Fsp3) is 0.318. The molecule has 6 nitrogen and oxygen atoms in total. The number of amides is 1. The summed E-state index contributed by atoms with van der Waals surface area (Å²) in [5, 5.41) is 8.52. The lowest BCUT2D eigenvalue weighted by Gasteiger charge is -2.25. The number of carbonyl (C=O) groups excluding carboxylic acids is 1. The zero-order chi connectivity index (χ0) is 19.5. The molecular formula is C22H24N4O2. The molecule has 2 heterocycles. The number of hydrogen-bond donors (Lipinski definition) is 0. The predicted molar refractivity (Wildman–Crippen MR) is 106 cm³/mol. The number of rotatable bonds is 5. The van der Waals surface area contributed by atoms with Gasteiger partial charge in [-0.05, 0) is 49.6 Å². The Morgan fingerprint density at radius 2 is 2.00 bits per heavy atom. The third kappa shape index (κ3) is 3.50. The zero-order valence-corrected chi connectivity index (χ0v) is 16.2. The minimum absolute atomic E-state index is 0.0899. The molecule has 0 unspecified atom stereocenters. The first-order valence-electron chi connectivity index (χ1n) is 9.57. The van der Waals surface area contributed by atoms with E-state index in [1.54, 1.807) is 11.8 Å². The molecule has 1 amide bonds. The molecule has 0 saturated carbocycles. The molecule has 144 valence electrons. The van der Waals surface area contributed by atoms with Gasteiger partial charge in [0.25, 0.3) is 0 Å². The summed E-state index contributed by atoms with van der Waals surface area (Å²) in [5.74, 6) is 0.909. The molecule has 1 fully saturated rings. The summed E-state index contributed by atoms with van der Waals surface area (Å²) in [4.78, 5) is 15.0. The van der Waals surface area contributed by atoms with Crippen LogP contribution < -0.4 is 4.74 Å². The largest absolute Gasteiger partial charge is 0.497 e. The van der Waals surface area contributed by atoms with Crippen LogP contribution in [-0.2, 0) is 11.2 Å². The molecule has 1 saturated heterocycles. The van der Waals surface area contributed by atoms with Crippen LogP contribution >= 0.6 is 0 Å². The third-order valence-corrected chi connectivity index (χ3v) is 5.36. The van der Waals surface area contributed by atoms with Crippen LogP contribution in [-0.4, -0.2) is 39.5 Å². The van der Waals surface area contributed by atoms with Crippen molar-refractivity contribution < 1.29 is 9.53 Å². The molecule has 3 aromatic rings. The smallest absolute Gasteiger partial charge is 0.229 e. The second-order valence-electron chi connectivity index (χ2n) is 7.07. The third-order valence-electron chi connectivity index (χ3n) is 5.36. The number of likely N-dealkylation sites (tertiary alicyclic amines) is 1. The molecule has 1 aromatic heterocycles. The Morgan fingerprint density at radius 3 is 2.79 bits per heavy atom. The van der Waals surface area contributed by atoms with Crippen LogP contribution in [0.5, 0.6) is 5.75 Å². The van der Waals surface area contributed by atoms with E-state index < -0.39 is 0 Å². The second-order valence-corrected chi connectivity index (χ2v) is 7.07. The minimum Gasteiger partial charge on any atom is -0.497 e. The van der Waals surface area contributed by atoms with Gasteiger partial charge in [-0.2, -0.15) is 0 Å². The van der Waals surface area contributed by atoms with E-state index in [9.17, 15) is 4.79 Å². The van der Waals surface area contributed by atoms with Gasteiger partial charge in [0.1, 0.15) is 5.75 Å². The quantitative estimate of drug-likeness (QED) is 0.684. The molecule has 0 radical (unpaired) electrons. The number of para-hydroxylation sites is 1. The fourth-order valence-electron chi connectivity index (χ4n) is 3.84. The number of benzene rings is 2. The van der Waals surface area contributed by atoms with Gasteiger partial charge in [-0.25, -0.2) is 4.68 Å². The normalized spacial score (nSPS) is 16.4. The van der Waals surface area contributed by atoms with Gasteiger partial charge >= 0.3 is 0 Å². The van der Waals surface area contributed by atoms with Crippen LogP contribution in [0, 0.1) is 6.92 Å². The monoisotopic (exact) mass is 376 g/mol. The molecule has 1 aliphatic heterocycles. The van der Waals surface area contributed by atoms with Gasteiger partial charge in [0.2, 0.25) is 5.91 Å². The Balaban J connectivity index is 1.52. The van der Waals surface area contributed by atoms with Crippen LogP contribution in [0.1, 0.15) is 35.8 Å². The lowest BCUT2D eigenvalue weighted by atomic mass is 10.0. The van der Waals surface area contributed by atoms with Gasteiger partial charge in [-0.1, -0.05) is 35.5 Å². The molecule has 0 aliphatic carbocycles. The number of carbonyl (C=O) groups is 1. The summed E-state index contributed by atoms with van der Waals surface area (Å²) >= 11 is 0. The van der Waals surface area contributed by atoms with Crippen LogP contribution in [0.2, 0.25) is 0 Å². The van der Waals surface area contributed by atoms with Crippen molar-refractivity contribution in [1.29, 1.82) is 0 Å². The van der Waals surface area contributed by atoms with E-state index >= 15 is 0 Å². The molecule has 1 aliphatic rings. The van der Waals surface area contributed by atoms with E-state index in [1.807, 2.05) is 60.4 Å². The number of methoxy groups -OCH3 is 1. The average Bonchev–Trinajstić information content (AvgIpc) is 3.36. The van der Waals surface area contributed by atoms with Crippen molar-refractivity contribution in [1.82, 2.24) is 19.9 Å². The predicted octanol–water partition coefficient (Wildman–Crippen LogP) is 3.49. The van der Waals surface area contributed by atoms with E-state index in [0.717, 1.165) is 47.8 Å². The minimum atomic E-state index is 0.0899. The van der Waals surface area contributed by atoms with Gasteiger partial charge in [0, 0.05) is 6.54 Å². The molecule has 0 bridgehead atoms. The first-order valence-corrected chi connectivity index (χ1v) is 9.57. The van der Waals surface area contributed by atoms with Crippen molar-refractivity contribution >= 4 is 5.91 Å². The highest BCUT2D eigenvalue weighted by Crippen LogP contribution is 2.34. The van der Waals surface area contributed by atoms with Gasteiger partial charge < -0.3 is 9.64 Å². The number of aromatic nitrogens is 3. The van der Waals surface area contributed by atoms with Crippen molar-refractivity contribution in [3.05, 3.63) is 71.5 Å². The Hall–Kier alpha value is -3.15. The number of nitrogens with zero attached hydrogens (tertiary/aromatic N) is 4. The highest BCUT2D eigenvalue weighted by molar-refractivity contribution is 5.79. The Kier molecular flexibility index (Phi) is 5.10. The summed E-state index contributed by atoms with van der Waals surface area (Å²) in [6.45, 7) is 2.73. The molecule has 1 atom stereocenters. The maximum atomic E-state index is 13.1. The Morgan fingerprint density at radius 1 is 1.18 bits per heavy atom. The van der Waals surface area contributed by atoms with Gasteiger partial charge in [0.15, 0.2) is 0 Å². The maximum absolute atomic E-state index is 13.1. The van der Waals surface area contributed by atoms with E-state index in [4.69, 9.17) is 4.74 Å². The SMILES string of the molecule is COc1cccc([C@@H]2CCCN2C(=O)Cc2nnn(-c3ccccc3)c2C)c1. The van der Waals surface area contributed by atoms with Crippen LogP contribution in [0.4, 0.5) is 0 Å². The standard InChI is InChI=1S/C22H24N4O2/c1-16-20(23-24-26(16)18-9-4-3-5-10-18)15-22(27)25-13-7-12-21(25)17-8-6-11-19(14-17)28-2/h3-6,8-11,14,21H,7,12-13,15H2,1-2H3/t21-/m0/s1. The number of ether oxygens (including phenoxy) is 1. The lowest BCUT2D eigenvalue weighted by Crippen LogP contribution is -2.32. The maximum Gasteiger partial charge on any atom is 0.229 e. The molecule has 4 rings (SSSR count). The summed E-state index contributed by atoms with van der Waals surface area (Å²) < 4.78 is 7.13. The molecule has 2 aromatic carbocycles. The van der Waals surface area contributed by atoms with Gasteiger partial charge in [-0.15, -0.1) is 5.10 Å².